The summed E-state index contributed by atoms with van der Waals surface area (Å²) in [6.07, 6.45) is 3.47. The molecule has 0 radical (unpaired) electrons. The average Bonchev–Trinajstić information content (AvgIpc) is 2.30. The zero-order valence-electron chi connectivity index (χ0n) is 8.20. The smallest absolute Gasteiger partial charge is 0.0119 e. The predicted molar refractivity (Wildman–Crippen MR) is 65.5 cm³/mol. The minimum absolute atomic E-state index is 1.14. The second-order valence-electron chi connectivity index (χ2n) is 3.40. The first-order chi connectivity index (χ1) is 6.88. The van der Waals surface area contributed by atoms with Gasteiger partial charge in [-0.3, -0.25) is 0 Å². The average molecular weight is 202 g/mol. The Hall–Kier alpha value is -0.950. The van der Waals surface area contributed by atoms with E-state index in [1.807, 2.05) is 17.8 Å². The van der Waals surface area contributed by atoms with Gasteiger partial charge in [0.05, 0.1) is 0 Å². The van der Waals surface area contributed by atoms with Gasteiger partial charge in [0.1, 0.15) is 0 Å². The van der Waals surface area contributed by atoms with Crippen LogP contribution in [0.5, 0.6) is 0 Å². The Morgan fingerprint density at radius 2 is 2.00 bits per heavy atom. The summed E-state index contributed by atoms with van der Waals surface area (Å²) in [5.41, 5.74) is 3.88. The van der Waals surface area contributed by atoms with Crippen LogP contribution in [0.3, 0.4) is 0 Å². The molecule has 1 aliphatic heterocycles. The standard InChI is InChI=1S/C13H14S/c1-11(12-5-3-2-4-6-12)13-7-9-14-10-8-13/h2-7H,1,8-10H2. The Labute approximate surface area is 89.7 Å². The Morgan fingerprint density at radius 1 is 1.21 bits per heavy atom. The number of allylic oxidation sites excluding steroid dienone is 2. The molecule has 0 saturated heterocycles. The van der Waals surface area contributed by atoms with Crippen LogP contribution in [-0.2, 0) is 0 Å². The van der Waals surface area contributed by atoms with Crippen LogP contribution >= 0.6 is 11.8 Å². The van der Waals surface area contributed by atoms with Crippen molar-refractivity contribution in [1.29, 1.82) is 0 Å². The van der Waals surface area contributed by atoms with E-state index in [1.54, 1.807) is 0 Å². The molecule has 0 aromatic heterocycles. The van der Waals surface area contributed by atoms with Gasteiger partial charge >= 0.3 is 0 Å². The van der Waals surface area contributed by atoms with Gasteiger partial charge in [-0.2, -0.15) is 11.8 Å². The summed E-state index contributed by atoms with van der Waals surface area (Å²) in [5.74, 6) is 2.37. The Bertz CT molecular complexity index is 349. The minimum atomic E-state index is 1.14. The molecule has 1 aromatic rings. The van der Waals surface area contributed by atoms with Crippen molar-refractivity contribution >= 4 is 17.3 Å². The fraction of sp³-hybridized carbons (Fsp3) is 0.231. The number of hydrogen-bond acceptors (Lipinski definition) is 1. The summed E-state index contributed by atoms with van der Waals surface area (Å²) in [7, 11) is 0. The van der Waals surface area contributed by atoms with Gasteiger partial charge in [0.15, 0.2) is 0 Å². The van der Waals surface area contributed by atoms with Crippen molar-refractivity contribution in [3.63, 3.8) is 0 Å². The van der Waals surface area contributed by atoms with E-state index in [0.717, 1.165) is 5.75 Å². The van der Waals surface area contributed by atoms with Gasteiger partial charge in [-0.05, 0) is 28.9 Å². The zero-order valence-corrected chi connectivity index (χ0v) is 9.02. The monoisotopic (exact) mass is 202 g/mol. The molecule has 1 aromatic carbocycles. The van der Waals surface area contributed by atoms with E-state index < -0.39 is 0 Å². The van der Waals surface area contributed by atoms with Crippen molar-refractivity contribution < 1.29 is 0 Å². The maximum Gasteiger partial charge on any atom is 0.0119 e. The number of rotatable bonds is 2. The molecule has 0 N–H and O–H groups in total. The second-order valence-corrected chi connectivity index (χ2v) is 4.55. The molecule has 0 amide bonds. The van der Waals surface area contributed by atoms with Gasteiger partial charge < -0.3 is 0 Å². The third kappa shape index (κ3) is 2.10. The van der Waals surface area contributed by atoms with Crippen LogP contribution in [0.1, 0.15) is 12.0 Å². The Kier molecular flexibility index (Phi) is 3.10. The first-order valence-electron chi connectivity index (χ1n) is 4.89. The number of hydrogen-bond donors (Lipinski definition) is 0. The van der Waals surface area contributed by atoms with Crippen molar-refractivity contribution in [2.45, 2.75) is 6.42 Å². The Morgan fingerprint density at radius 3 is 2.64 bits per heavy atom. The first-order valence-corrected chi connectivity index (χ1v) is 6.05. The lowest BCUT2D eigenvalue weighted by Crippen LogP contribution is -1.97. The summed E-state index contributed by atoms with van der Waals surface area (Å²) in [6, 6.07) is 10.4. The first kappa shape index (κ1) is 9.60. The number of benzene rings is 1. The van der Waals surface area contributed by atoms with Crippen molar-refractivity contribution in [1.82, 2.24) is 0 Å². The van der Waals surface area contributed by atoms with E-state index >= 15 is 0 Å². The second kappa shape index (κ2) is 4.52. The highest BCUT2D eigenvalue weighted by molar-refractivity contribution is 7.99. The third-order valence-electron chi connectivity index (χ3n) is 2.47. The quantitative estimate of drug-likeness (QED) is 0.703. The molecule has 1 heterocycles. The van der Waals surface area contributed by atoms with Crippen LogP contribution in [0.2, 0.25) is 0 Å². The van der Waals surface area contributed by atoms with Gasteiger partial charge in [0.25, 0.3) is 0 Å². The molecule has 0 aliphatic carbocycles. The summed E-state index contributed by atoms with van der Waals surface area (Å²) in [4.78, 5) is 0. The molecule has 0 unspecified atom stereocenters. The molecule has 0 nitrogen and oxygen atoms in total. The molecular weight excluding hydrogens is 188 g/mol. The fourth-order valence-corrected chi connectivity index (χ4v) is 2.48. The molecule has 0 atom stereocenters. The molecule has 0 saturated carbocycles. The maximum absolute atomic E-state index is 4.17. The fourth-order valence-electron chi connectivity index (χ4n) is 1.63. The van der Waals surface area contributed by atoms with Crippen molar-refractivity contribution in [3.8, 4) is 0 Å². The molecule has 0 fully saturated rings. The van der Waals surface area contributed by atoms with E-state index in [2.05, 4.69) is 36.9 Å². The zero-order chi connectivity index (χ0) is 9.80. The van der Waals surface area contributed by atoms with E-state index in [1.165, 1.54) is 28.9 Å². The third-order valence-corrected chi connectivity index (χ3v) is 3.37. The van der Waals surface area contributed by atoms with Gasteiger partial charge in [0, 0.05) is 5.75 Å². The van der Waals surface area contributed by atoms with Crippen LogP contribution in [0, 0.1) is 0 Å². The van der Waals surface area contributed by atoms with Crippen LogP contribution < -0.4 is 0 Å². The van der Waals surface area contributed by atoms with Crippen LogP contribution in [0.4, 0.5) is 0 Å². The Balaban J connectivity index is 2.20. The lowest BCUT2D eigenvalue weighted by atomic mass is 9.97. The largest absolute Gasteiger partial charge is 0.157 e. The highest BCUT2D eigenvalue weighted by Crippen LogP contribution is 2.28. The van der Waals surface area contributed by atoms with Crippen molar-refractivity contribution in [2.24, 2.45) is 0 Å². The number of thioether (sulfide) groups is 1. The molecule has 2 rings (SSSR count). The van der Waals surface area contributed by atoms with E-state index in [-0.39, 0.29) is 0 Å². The van der Waals surface area contributed by atoms with Gasteiger partial charge in [0.2, 0.25) is 0 Å². The topological polar surface area (TPSA) is 0 Å². The van der Waals surface area contributed by atoms with Gasteiger partial charge in [-0.25, -0.2) is 0 Å². The SMILES string of the molecule is C=C(C1=CCSCC1)c1ccccc1. The highest BCUT2D eigenvalue weighted by atomic mass is 32.2. The lowest BCUT2D eigenvalue weighted by Gasteiger charge is -2.14. The van der Waals surface area contributed by atoms with Crippen LogP contribution in [0.15, 0.2) is 48.6 Å². The summed E-state index contributed by atoms with van der Waals surface area (Å²) in [5, 5.41) is 0. The van der Waals surface area contributed by atoms with Crippen LogP contribution in [0.25, 0.3) is 5.57 Å². The summed E-state index contributed by atoms with van der Waals surface area (Å²) >= 11 is 1.99. The molecule has 0 bridgehead atoms. The molecule has 1 aliphatic rings. The molecule has 14 heavy (non-hydrogen) atoms. The molecule has 72 valence electrons. The van der Waals surface area contributed by atoms with Crippen molar-refractivity contribution in [2.75, 3.05) is 11.5 Å². The van der Waals surface area contributed by atoms with Gasteiger partial charge in [-0.1, -0.05) is 43.0 Å². The summed E-state index contributed by atoms with van der Waals surface area (Å²) in [6.45, 7) is 4.17. The molecule has 0 spiro atoms. The normalized spacial score (nSPS) is 16.1. The van der Waals surface area contributed by atoms with E-state index in [0.29, 0.717) is 0 Å². The van der Waals surface area contributed by atoms with Crippen molar-refractivity contribution in [3.05, 3.63) is 54.1 Å². The molecule has 1 heteroatoms. The van der Waals surface area contributed by atoms with Crippen LogP contribution in [-0.4, -0.2) is 11.5 Å². The molecular formula is C13H14S. The lowest BCUT2D eigenvalue weighted by molar-refractivity contribution is 1.15. The highest BCUT2D eigenvalue weighted by Gasteiger charge is 2.08. The summed E-state index contributed by atoms with van der Waals surface area (Å²) < 4.78 is 0. The predicted octanol–water partition coefficient (Wildman–Crippen LogP) is 3.76. The van der Waals surface area contributed by atoms with E-state index in [9.17, 15) is 0 Å². The van der Waals surface area contributed by atoms with Gasteiger partial charge in [-0.15, -0.1) is 0 Å². The van der Waals surface area contributed by atoms with E-state index in [4.69, 9.17) is 0 Å². The minimum Gasteiger partial charge on any atom is -0.157 e. The maximum atomic E-state index is 4.17.